The zero-order valence-electron chi connectivity index (χ0n) is 13.2. The van der Waals surface area contributed by atoms with Gasteiger partial charge in [-0.2, -0.15) is 0 Å². The van der Waals surface area contributed by atoms with Gasteiger partial charge < -0.3 is 9.80 Å². The first-order chi connectivity index (χ1) is 9.47. The molecule has 0 saturated carbocycles. The summed E-state index contributed by atoms with van der Waals surface area (Å²) in [4.78, 5) is 16.6. The lowest BCUT2D eigenvalue weighted by molar-refractivity contribution is -0.130. The summed E-state index contributed by atoms with van der Waals surface area (Å²) >= 11 is 0. The zero-order valence-corrected chi connectivity index (χ0v) is 13.2. The molecule has 0 spiro atoms. The molecule has 110 valence electrons. The highest BCUT2D eigenvalue weighted by molar-refractivity contribution is 5.80. The molecule has 1 aliphatic heterocycles. The topological polar surface area (TPSA) is 23.6 Å². The zero-order chi connectivity index (χ0) is 14.7. The van der Waals surface area contributed by atoms with Gasteiger partial charge in [-0.3, -0.25) is 4.79 Å². The third kappa shape index (κ3) is 3.60. The van der Waals surface area contributed by atoms with Gasteiger partial charge >= 0.3 is 0 Å². The molecule has 0 saturated heterocycles. The largest absolute Gasteiger partial charge is 0.342 e. The van der Waals surface area contributed by atoms with Crippen LogP contribution in [0.15, 0.2) is 12.1 Å². The third-order valence-electron chi connectivity index (χ3n) is 4.19. The normalized spacial score (nSPS) is 15.4. The summed E-state index contributed by atoms with van der Waals surface area (Å²) in [5.74, 6) is 0.283. The van der Waals surface area contributed by atoms with Gasteiger partial charge in [0.05, 0.1) is 6.42 Å². The van der Waals surface area contributed by atoms with Gasteiger partial charge in [0.2, 0.25) is 5.91 Å². The highest BCUT2D eigenvalue weighted by Crippen LogP contribution is 2.21. The average molecular weight is 274 g/mol. The quantitative estimate of drug-likeness (QED) is 0.840. The lowest BCUT2D eigenvalue weighted by Gasteiger charge is -2.21. The van der Waals surface area contributed by atoms with Crippen molar-refractivity contribution >= 4 is 5.91 Å². The summed E-state index contributed by atoms with van der Waals surface area (Å²) in [5, 5.41) is 0. The summed E-state index contributed by atoms with van der Waals surface area (Å²) in [6.45, 7) is 7.05. The number of fused-ring (bicyclic) bond motifs is 1. The maximum atomic E-state index is 12.4. The Morgan fingerprint density at radius 3 is 2.45 bits per heavy atom. The standard InChI is InChI=1S/C17H26N2O/c1-13-10-15-6-9-19(8-5-7-18(3)4)17(20)12-16(15)11-14(13)2/h10-11H,5-9,12H2,1-4H3. The minimum atomic E-state index is 0.283. The Morgan fingerprint density at radius 2 is 1.80 bits per heavy atom. The number of aryl methyl sites for hydroxylation is 2. The molecule has 1 aromatic carbocycles. The molecule has 0 aliphatic carbocycles. The van der Waals surface area contributed by atoms with Crippen molar-refractivity contribution in [2.45, 2.75) is 33.1 Å². The molecule has 0 fully saturated rings. The van der Waals surface area contributed by atoms with Gasteiger partial charge in [-0.1, -0.05) is 12.1 Å². The molecule has 3 nitrogen and oxygen atoms in total. The maximum absolute atomic E-state index is 12.4. The molecular formula is C17H26N2O. The van der Waals surface area contributed by atoms with E-state index >= 15 is 0 Å². The maximum Gasteiger partial charge on any atom is 0.227 e. The Balaban J connectivity index is 2.05. The second-order valence-corrected chi connectivity index (χ2v) is 6.17. The third-order valence-corrected chi connectivity index (χ3v) is 4.19. The van der Waals surface area contributed by atoms with Crippen LogP contribution in [0.2, 0.25) is 0 Å². The number of benzene rings is 1. The van der Waals surface area contributed by atoms with Crippen molar-refractivity contribution in [3.05, 3.63) is 34.4 Å². The van der Waals surface area contributed by atoms with Crippen LogP contribution >= 0.6 is 0 Å². The number of amides is 1. The van der Waals surface area contributed by atoms with E-state index in [1.54, 1.807) is 0 Å². The van der Waals surface area contributed by atoms with E-state index in [4.69, 9.17) is 0 Å². The summed E-state index contributed by atoms with van der Waals surface area (Å²) in [6.07, 6.45) is 2.61. The van der Waals surface area contributed by atoms with Crippen molar-refractivity contribution < 1.29 is 4.79 Å². The van der Waals surface area contributed by atoms with E-state index in [1.807, 2.05) is 4.90 Å². The monoisotopic (exact) mass is 274 g/mol. The van der Waals surface area contributed by atoms with E-state index in [9.17, 15) is 4.79 Å². The van der Waals surface area contributed by atoms with Crippen LogP contribution in [0.4, 0.5) is 0 Å². The fourth-order valence-electron chi connectivity index (χ4n) is 2.80. The number of hydrogen-bond acceptors (Lipinski definition) is 2. The van der Waals surface area contributed by atoms with Crippen molar-refractivity contribution in [3.63, 3.8) is 0 Å². The Morgan fingerprint density at radius 1 is 1.15 bits per heavy atom. The Hall–Kier alpha value is -1.35. The van der Waals surface area contributed by atoms with Gasteiger partial charge in [-0.25, -0.2) is 0 Å². The average Bonchev–Trinajstić information content (AvgIpc) is 2.51. The van der Waals surface area contributed by atoms with Gasteiger partial charge in [-0.15, -0.1) is 0 Å². The number of nitrogens with zero attached hydrogens (tertiary/aromatic N) is 2. The van der Waals surface area contributed by atoms with Crippen LogP contribution in [0.5, 0.6) is 0 Å². The van der Waals surface area contributed by atoms with Gasteiger partial charge in [0, 0.05) is 13.1 Å². The lowest BCUT2D eigenvalue weighted by atomic mass is 9.97. The molecule has 0 N–H and O–H groups in total. The van der Waals surface area contributed by atoms with Gasteiger partial charge in [-0.05, 0) is 69.6 Å². The van der Waals surface area contributed by atoms with Gasteiger partial charge in [0.15, 0.2) is 0 Å². The predicted molar refractivity (Wildman–Crippen MR) is 83.1 cm³/mol. The van der Waals surface area contributed by atoms with Crippen LogP contribution in [0.25, 0.3) is 0 Å². The van der Waals surface area contributed by atoms with Crippen LogP contribution in [0.1, 0.15) is 28.7 Å². The first-order valence-electron chi connectivity index (χ1n) is 7.49. The predicted octanol–water partition coefficient (Wildman–Crippen LogP) is 2.18. The van der Waals surface area contributed by atoms with E-state index < -0.39 is 0 Å². The Bertz CT molecular complexity index is 494. The molecule has 1 aromatic rings. The lowest BCUT2D eigenvalue weighted by Crippen LogP contribution is -2.34. The molecule has 20 heavy (non-hydrogen) atoms. The van der Waals surface area contributed by atoms with Crippen LogP contribution in [0.3, 0.4) is 0 Å². The SMILES string of the molecule is Cc1cc2c(cc1C)CC(=O)N(CCCN(C)C)CC2. The van der Waals surface area contributed by atoms with Gasteiger partial charge in [0.1, 0.15) is 0 Å². The van der Waals surface area contributed by atoms with Crippen molar-refractivity contribution in [3.8, 4) is 0 Å². The Kier molecular flexibility index (Phi) is 4.81. The van der Waals surface area contributed by atoms with E-state index in [2.05, 4.69) is 45.0 Å². The fraction of sp³-hybridized carbons (Fsp3) is 0.588. The Labute approximate surface area is 122 Å². The van der Waals surface area contributed by atoms with Crippen LogP contribution in [0, 0.1) is 13.8 Å². The van der Waals surface area contributed by atoms with Crippen molar-refractivity contribution in [1.29, 1.82) is 0 Å². The summed E-state index contributed by atoms with van der Waals surface area (Å²) in [6, 6.07) is 4.47. The minimum absolute atomic E-state index is 0.283. The number of hydrogen-bond donors (Lipinski definition) is 0. The molecule has 2 rings (SSSR count). The smallest absolute Gasteiger partial charge is 0.227 e. The molecule has 1 heterocycles. The van der Waals surface area contributed by atoms with Crippen molar-refractivity contribution in [2.24, 2.45) is 0 Å². The molecule has 0 atom stereocenters. The van der Waals surface area contributed by atoms with Crippen molar-refractivity contribution in [2.75, 3.05) is 33.7 Å². The number of carbonyl (C=O) groups excluding carboxylic acids is 1. The van der Waals surface area contributed by atoms with E-state index in [0.29, 0.717) is 6.42 Å². The highest BCUT2D eigenvalue weighted by atomic mass is 16.2. The van der Waals surface area contributed by atoms with E-state index in [-0.39, 0.29) is 5.91 Å². The molecule has 0 aromatic heterocycles. The summed E-state index contributed by atoms with van der Waals surface area (Å²) in [5.41, 5.74) is 5.21. The number of rotatable bonds is 4. The second kappa shape index (κ2) is 6.40. The van der Waals surface area contributed by atoms with Gasteiger partial charge in [0.25, 0.3) is 0 Å². The molecule has 0 radical (unpaired) electrons. The summed E-state index contributed by atoms with van der Waals surface area (Å²) in [7, 11) is 4.15. The van der Waals surface area contributed by atoms with Crippen LogP contribution in [-0.2, 0) is 17.6 Å². The first-order valence-corrected chi connectivity index (χ1v) is 7.49. The van der Waals surface area contributed by atoms with Crippen LogP contribution in [-0.4, -0.2) is 49.4 Å². The van der Waals surface area contributed by atoms with E-state index in [0.717, 1.165) is 32.5 Å². The molecule has 0 bridgehead atoms. The highest BCUT2D eigenvalue weighted by Gasteiger charge is 2.20. The molecular weight excluding hydrogens is 248 g/mol. The van der Waals surface area contributed by atoms with Crippen molar-refractivity contribution in [1.82, 2.24) is 9.80 Å². The number of carbonyl (C=O) groups is 1. The van der Waals surface area contributed by atoms with E-state index in [1.165, 1.54) is 22.3 Å². The van der Waals surface area contributed by atoms with Crippen LogP contribution < -0.4 is 0 Å². The molecule has 1 aliphatic rings. The second-order valence-electron chi connectivity index (χ2n) is 6.17. The molecule has 3 heteroatoms. The minimum Gasteiger partial charge on any atom is -0.342 e. The molecule has 0 unspecified atom stereocenters. The fourth-order valence-corrected chi connectivity index (χ4v) is 2.80. The molecule has 1 amide bonds. The first kappa shape index (κ1) is 15.0. The summed E-state index contributed by atoms with van der Waals surface area (Å²) < 4.78 is 0.